The molecule has 1 unspecified atom stereocenters. The summed E-state index contributed by atoms with van der Waals surface area (Å²) in [4.78, 5) is 4.33. The van der Waals surface area contributed by atoms with Gasteiger partial charge in [0.15, 0.2) is 0 Å². The van der Waals surface area contributed by atoms with E-state index in [1.807, 2.05) is 19.4 Å². The highest BCUT2D eigenvalue weighted by Crippen LogP contribution is 2.26. The van der Waals surface area contributed by atoms with Crippen LogP contribution in [-0.2, 0) is 13.5 Å². The molecule has 3 nitrogen and oxygen atoms in total. The number of rotatable bonds is 4. The van der Waals surface area contributed by atoms with Gasteiger partial charge in [-0.05, 0) is 36.7 Å². The highest BCUT2D eigenvalue weighted by atomic mass is 32.2. The third-order valence-corrected chi connectivity index (χ3v) is 4.39. The first kappa shape index (κ1) is 12.0. The van der Waals surface area contributed by atoms with Gasteiger partial charge in [0.25, 0.3) is 0 Å². The lowest BCUT2D eigenvalue weighted by atomic mass is 9.93. The van der Waals surface area contributed by atoms with Gasteiger partial charge in [0, 0.05) is 31.9 Å². The lowest BCUT2D eigenvalue weighted by Gasteiger charge is -2.24. The van der Waals surface area contributed by atoms with Gasteiger partial charge in [0.1, 0.15) is 5.82 Å². The first-order valence-electron chi connectivity index (χ1n) is 6.05. The molecule has 0 radical (unpaired) electrons. The van der Waals surface area contributed by atoms with Crippen molar-refractivity contribution in [3.8, 4) is 0 Å². The number of thioether (sulfide) groups is 1. The predicted octanol–water partition coefficient (Wildman–Crippen LogP) is 1.82. The van der Waals surface area contributed by atoms with Gasteiger partial charge in [-0.2, -0.15) is 11.8 Å². The fourth-order valence-electron chi connectivity index (χ4n) is 2.32. The minimum atomic E-state index is 0.272. The summed E-state index contributed by atoms with van der Waals surface area (Å²) in [5.41, 5.74) is 6.20. The molecule has 0 bridgehead atoms. The quantitative estimate of drug-likeness (QED) is 0.871. The third-order valence-electron chi connectivity index (χ3n) is 3.34. The Morgan fingerprint density at radius 1 is 1.56 bits per heavy atom. The van der Waals surface area contributed by atoms with Crippen LogP contribution in [0.4, 0.5) is 0 Å². The molecular formula is C12H21N3S. The molecule has 2 N–H and O–H groups in total. The molecular weight excluding hydrogens is 218 g/mol. The average molecular weight is 239 g/mol. The van der Waals surface area contributed by atoms with Crippen molar-refractivity contribution in [3.05, 3.63) is 18.2 Å². The van der Waals surface area contributed by atoms with Gasteiger partial charge in [-0.3, -0.25) is 0 Å². The summed E-state index contributed by atoms with van der Waals surface area (Å²) >= 11 is 2.08. The molecule has 1 aliphatic heterocycles. The van der Waals surface area contributed by atoms with Crippen LogP contribution < -0.4 is 5.73 Å². The molecule has 16 heavy (non-hydrogen) atoms. The molecule has 2 rings (SSSR count). The van der Waals surface area contributed by atoms with Gasteiger partial charge in [0.2, 0.25) is 0 Å². The normalized spacial score (nSPS) is 19.9. The molecule has 1 aromatic rings. The Morgan fingerprint density at radius 2 is 2.31 bits per heavy atom. The Morgan fingerprint density at radius 3 is 2.94 bits per heavy atom. The Labute approximate surface area is 102 Å². The van der Waals surface area contributed by atoms with Gasteiger partial charge < -0.3 is 10.3 Å². The molecule has 90 valence electrons. The first-order chi connectivity index (χ1) is 7.75. The summed E-state index contributed by atoms with van der Waals surface area (Å²) in [6, 6.07) is 0.272. The van der Waals surface area contributed by atoms with E-state index in [4.69, 9.17) is 5.73 Å². The molecule has 0 spiro atoms. The highest BCUT2D eigenvalue weighted by molar-refractivity contribution is 7.99. The summed E-state index contributed by atoms with van der Waals surface area (Å²) < 4.78 is 2.07. The van der Waals surface area contributed by atoms with Crippen molar-refractivity contribution in [2.24, 2.45) is 18.7 Å². The number of hydrogen-bond acceptors (Lipinski definition) is 3. The van der Waals surface area contributed by atoms with Gasteiger partial charge >= 0.3 is 0 Å². The van der Waals surface area contributed by atoms with Crippen LogP contribution in [0.15, 0.2) is 12.4 Å². The molecule has 4 heteroatoms. The smallest absolute Gasteiger partial charge is 0.109 e. The number of nitrogens with two attached hydrogens (primary N) is 1. The van der Waals surface area contributed by atoms with Crippen molar-refractivity contribution in [3.63, 3.8) is 0 Å². The lowest BCUT2D eigenvalue weighted by molar-refractivity contribution is 0.401. The van der Waals surface area contributed by atoms with E-state index in [-0.39, 0.29) is 6.04 Å². The second-order valence-electron chi connectivity index (χ2n) is 4.71. The Hall–Kier alpha value is -0.480. The van der Waals surface area contributed by atoms with E-state index >= 15 is 0 Å². The minimum Gasteiger partial charge on any atom is -0.338 e. The SMILES string of the molecule is Cn1ccnc1CC(N)CC1CCSCC1. The fraction of sp³-hybridized carbons (Fsp3) is 0.750. The zero-order valence-corrected chi connectivity index (χ0v) is 10.7. The fourth-order valence-corrected chi connectivity index (χ4v) is 3.53. The molecule has 0 amide bonds. The van der Waals surface area contributed by atoms with Crippen molar-refractivity contribution >= 4 is 11.8 Å². The molecule has 1 aromatic heterocycles. The summed E-state index contributed by atoms with van der Waals surface area (Å²) in [5, 5.41) is 0. The van der Waals surface area contributed by atoms with Crippen molar-refractivity contribution in [1.82, 2.24) is 9.55 Å². The van der Waals surface area contributed by atoms with Gasteiger partial charge in [-0.1, -0.05) is 0 Å². The van der Waals surface area contributed by atoms with Crippen molar-refractivity contribution in [1.29, 1.82) is 0 Å². The molecule has 0 aromatic carbocycles. The average Bonchev–Trinajstić information content (AvgIpc) is 2.66. The number of aromatic nitrogens is 2. The van der Waals surface area contributed by atoms with E-state index < -0.39 is 0 Å². The van der Waals surface area contributed by atoms with Crippen molar-refractivity contribution in [2.75, 3.05) is 11.5 Å². The molecule has 1 aliphatic rings. The van der Waals surface area contributed by atoms with E-state index in [1.54, 1.807) is 0 Å². The van der Waals surface area contributed by atoms with Crippen molar-refractivity contribution < 1.29 is 0 Å². The second kappa shape index (κ2) is 5.73. The van der Waals surface area contributed by atoms with Crippen LogP contribution in [0, 0.1) is 5.92 Å². The summed E-state index contributed by atoms with van der Waals surface area (Å²) in [7, 11) is 2.03. The van der Waals surface area contributed by atoms with Gasteiger partial charge in [-0.25, -0.2) is 4.98 Å². The number of imidazole rings is 1. The molecule has 1 atom stereocenters. The van der Waals surface area contributed by atoms with Crippen molar-refractivity contribution in [2.45, 2.75) is 31.7 Å². The van der Waals surface area contributed by atoms with E-state index in [0.717, 1.165) is 24.6 Å². The zero-order chi connectivity index (χ0) is 11.4. The van der Waals surface area contributed by atoms with E-state index in [2.05, 4.69) is 21.3 Å². The topological polar surface area (TPSA) is 43.8 Å². The molecule has 2 heterocycles. The number of aryl methyl sites for hydroxylation is 1. The van der Waals surface area contributed by atoms with Crippen LogP contribution in [0.1, 0.15) is 25.1 Å². The molecule has 1 fully saturated rings. The van der Waals surface area contributed by atoms with Gasteiger partial charge in [-0.15, -0.1) is 0 Å². The van der Waals surface area contributed by atoms with E-state index in [1.165, 1.54) is 24.3 Å². The maximum absolute atomic E-state index is 6.20. The van der Waals surface area contributed by atoms with Crippen LogP contribution >= 0.6 is 11.8 Å². The van der Waals surface area contributed by atoms with Crippen LogP contribution in [0.2, 0.25) is 0 Å². The van der Waals surface area contributed by atoms with Crippen LogP contribution in [0.25, 0.3) is 0 Å². The van der Waals surface area contributed by atoms with E-state index in [9.17, 15) is 0 Å². The van der Waals surface area contributed by atoms with Crippen LogP contribution in [-0.4, -0.2) is 27.1 Å². The summed E-state index contributed by atoms with van der Waals surface area (Å²) in [6.45, 7) is 0. The number of nitrogens with zero attached hydrogens (tertiary/aromatic N) is 2. The Balaban J connectivity index is 1.79. The Kier molecular flexibility index (Phi) is 4.29. The highest BCUT2D eigenvalue weighted by Gasteiger charge is 2.18. The zero-order valence-electron chi connectivity index (χ0n) is 9.93. The molecule has 0 saturated carbocycles. The second-order valence-corrected chi connectivity index (χ2v) is 5.93. The van der Waals surface area contributed by atoms with E-state index in [0.29, 0.717) is 0 Å². The minimum absolute atomic E-state index is 0.272. The number of hydrogen-bond donors (Lipinski definition) is 1. The largest absolute Gasteiger partial charge is 0.338 e. The monoisotopic (exact) mass is 239 g/mol. The predicted molar refractivity (Wildman–Crippen MR) is 69.6 cm³/mol. The molecule has 0 aliphatic carbocycles. The standard InChI is InChI=1S/C12H21N3S/c1-15-5-4-14-12(15)9-11(13)8-10-2-6-16-7-3-10/h4-5,10-11H,2-3,6-9,13H2,1H3. The lowest BCUT2D eigenvalue weighted by Crippen LogP contribution is -2.28. The third kappa shape index (κ3) is 3.25. The van der Waals surface area contributed by atoms with Gasteiger partial charge in [0.05, 0.1) is 0 Å². The van der Waals surface area contributed by atoms with Crippen LogP contribution in [0.3, 0.4) is 0 Å². The molecule has 1 saturated heterocycles. The first-order valence-corrected chi connectivity index (χ1v) is 7.20. The maximum atomic E-state index is 6.20. The Bertz CT molecular complexity index is 318. The van der Waals surface area contributed by atoms with Crippen LogP contribution in [0.5, 0.6) is 0 Å². The summed E-state index contributed by atoms with van der Waals surface area (Å²) in [5.74, 6) is 4.59. The maximum Gasteiger partial charge on any atom is 0.109 e. The summed E-state index contributed by atoms with van der Waals surface area (Å²) in [6.07, 6.45) is 8.59.